The Bertz CT molecular complexity index is 1710. The number of hydrogen-bond acceptors (Lipinski definition) is 11. The number of nitrogens with zero attached hydrogens (tertiary/aromatic N) is 3. The van der Waals surface area contributed by atoms with Crippen LogP contribution in [0.4, 0.5) is 4.79 Å². The first-order valence-electron chi connectivity index (χ1n) is 16.4. The number of amides is 1. The van der Waals surface area contributed by atoms with Crippen molar-refractivity contribution in [2.24, 2.45) is 11.8 Å². The van der Waals surface area contributed by atoms with Gasteiger partial charge in [-0.15, -0.1) is 0 Å². The predicted molar refractivity (Wildman–Crippen MR) is 176 cm³/mol. The van der Waals surface area contributed by atoms with Crippen LogP contribution in [-0.4, -0.2) is 97.8 Å². The molecule has 1 amide bonds. The van der Waals surface area contributed by atoms with Crippen molar-refractivity contribution in [3.05, 3.63) is 65.5 Å². The highest BCUT2D eigenvalue weighted by molar-refractivity contribution is 7.89. The molecular weight excluding hydrogens is 656 g/mol. The minimum absolute atomic E-state index is 0.00886. The molecule has 3 aliphatic rings. The zero-order valence-electron chi connectivity index (χ0n) is 28.1. The molecule has 2 N–H and O–H groups in total. The molecule has 3 aliphatic heterocycles. The number of sulfonamides is 1. The number of fused-ring (bicyclic) bond motifs is 2. The molecule has 2 saturated heterocycles. The third-order valence-corrected chi connectivity index (χ3v) is 10.7. The molecule has 14 nitrogen and oxygen atoms in total. The number of hydrogen-bond donors (Lipinski definition) is 2. The van der Waals surface area contributed by atoms with Gasteiger partial charge in [-0.1, -0.05) is 26.0 Å². The van der Waals surface area contributed by atoms with Crippen molar-refractivity contribution in [1.82, 2.24) is 19.4 Å². The molecule has 3 aromatic rings. The van der Waals surface area contributed by atoms with Crippen LogP contribution in [0, 0.1) is 25.7 Å². The molecule has 1 aromatic heterocycles. The van der Waals surface area contributed by atoms with Crippen molar-refractivity contribution < 1.29 is 46.7 Å². The summed E-state index contributed by atoms with van der Waals surface area (Å²) in [5.74, 6) is 1.29. The Morgan fingerprint density at radius 1 is 1.06 bits per heavy atom. The molecule has 0 bridgehead atoms. The predicted octanol–water partition coefficient (Wildman–Crippen LogP) is 3.02. The number of carbonyl (C=O) groups excluding carboxylic acids is 1. The Kier molecular flexibility index (Phi) is 10.6. The molecule has 0 spiro atoms. The fourth-order valence-electron chi connectivity index (χ4n) is 6.26. The van der Waals surface area contributed by atoms with Gasteiger partial charge in [0.1, 0.15) is 11.9 Å². The second kappa shape index (κ2) is 14.9. The third-order valence-electron chi connectivity index (χ3n) is 8.83. The van der Waals surface area contributed by atoms with Gasteiger partial charge in [-0.2, -0.15) is 9.40 Å². The number of aliphatic hydroxyl groups excluding tert-OH is 1. The Labute approximate surface area is 286 Å². The minimum Gasteiger partial charge on any atom is -0.471 e. The van der Waals surface area contributed by atoms with Gasteiger partial charge in [0.2, 0.25) is 16.8 Å². The highest BCUT2D eigenvalue weighted by Gasteiger charge is 2.44. The molecule has 2 aromatic carbocycles. The molecule has 0 unspecified atom stereocenters. The maximum Gasteiger partial charge on any atom is 0.407 e. The minimum atomic E-state index is -4.07. The van der Waals surface area contributed by atoms with Crippen molar-refractivity contribution in [2.75, 3.05) is 39.7 Å². The fourth-order valence-corrected chi connectivity index (χ4v) is 7.89. The molecular formula is C34H44N4O10S. The van der Waals surface area contributed by atoms with Gasteiger partial charge in [0.25, 0.3) is 0 Å². The van der Waals surface area contributed by atoms with Crippen LogP contribution in [0.3, 0.4) is 0 Å². The van der Waals surface area contributed by atoms with Crippen molar-refractivity contribution >= 4 is 16.1 Å². The summed E-state index contributed by atoms with van der Waals surface area (Å²) in [6.07, 6.45) is -2.47. The first-order valence-corrected chi connectivity index (χ1v) is 17.9. The Balaban J connectivity index is 1.18. The normalized spacial score (nSPS) is 21.2. The molecule has 4 heterocycles. The van der Waals surface area contributed by atoms with Crippen LogP contribution >= 0.6 is 0 Å². The summed E-state index contributed by atoms with van der Waals surface area (Å²) < 4.78 is 64.5. The van der Waals surface area contributed by atoms with E-state index in [0.29, 0.717) is 30.5 Å². The first kappa shape index (κ1) is 35.0. The molecule has 0 saturated carbocycles. The Hall–Kier alpha value is -3.89. The maximum atomic E-state index is 13.9. The van der Waals surface area contributed by atoms with Gasteiger partial charge in [-0.3, -0.25) is 0 Å². The summed E-state index contributed by atoms with van der Waals surface area (Å²) in [6.45, 7) is 8.92. The SMILES string of the molecule is Cc1cc(C)n(COc2ccc(C[C@H](NC(=O)O[C@H]3CO[C@H]4COC[C@H]43)[C@H](O)CN(CC(C)C)S(=O)(=O)c3ccc4c(c3)OCO4)cc2)n1. The lowest BCUT2D eigenvalue weighted by Gasteiger charge is -2.31. The molecule has 2 fully saturated rings. The lowest BCUT2D eigenvalue weighted by atomic mass is 10.0. The topological polar surface area (TPSA) is 160 Å². The van der Waals surface area contributed by atoms with Gasteiger partial charge in [0, 0.05) is 24.8 Å². The largest absolute Gasteiger partial charge is 0.471 e. The van der Waals surface area contributed by atoms with Gasteiger partial charge in [-0.25, -0.2) is 17.9 Å². The van der Waals surface area contributed by atoms with Gasteiger partial charge < -0.3 is 38.8 Å². The standard InChI is InChI=1S/C34H44N4O10S/c1-21(2)14-37(49(41,42)26-9-10-30-31(13-26)47-20-46-30)15-29(39)28(35-34(40)48-33-18-44-32-17-43-16-27(32)33)12-24-5-7-25(8-6-24)45-19-38-23(4)11-22(3)36-38/h5-11,13,21,27-29,32-33,39H,12,14-20H2,1-4H3,(H,35,40)/t27-,28+,29-,32+,33+/m1/s1. The van der Waals surface area contributed by atoms with Crippen LogP contribution in [0.15, 0.2) is 53.4 Å². The molecule has 15 heteroatoms. The van der Waals surface area contributed by atoms with Crippen molar-refractivity contribution in [3.8, 4) is 17.2 Å². The average molecular weight is 701 g/mol. The Morgan fingerprint density at radius 2 is 1.84 bits per heavy atom. The number of ether oxygens (including phenoxy) is 6. The van der Waals surface area contributed by atoms with Gasteiger partial charge in [0.05, 0.1) is 54.6 Å². The van der Waals surface area contributed by atoms with Crippen molar-refractivity contribution in [2.45, 2.75) is 70.1 Å². The second-order valence-corrected chi connectivity index (χ2v) is 15.1. The molecule has 6 rings (SSSR count). The summed E-state index contributed by atoms with van der Waals surface area (Å²) in [7, 11) is -4.07. The number of alkyl carbamates (subject to hydrolysis) is 1. The van der Waals surface area contributed by atoms with Crippen molar-refractivity contribution in [3.63, 3.8) is 0 Å². The number of aromatic nitrogens is 2. The highest BCUT2D eigenvalue weighted by Crippen LogP contribution is 2.35. The van der Waals surface area contributed by atoms with Gasteiger partial charge in [0.15, 0.2) is 18.2 Å². The molecule has 266 valence electrons. The van der Waals surface area contributed by atoms with E-state index in [9.17, 15) is 18.3 Å². The van der Waals surface area contributed by atoms with Crippen LogP contribution < -0.4 is 19.5 Å². The lowest BCUT2D eigenvalue weighted by molar-refractivity contribution is 0.0271. The Morgan fingerprint density at radius 3 is 2.57 bits per heavy atom. The van der Waals surface area contributed by atoms with E-state index in [2.05, 4.69) is 10.4 Å². The van der Waals surface area contributed by atoms with Crippen LogP contribution in [-0.2, 0) is 37.4 Å². The lowest BCUT2D eigenvalue weighted by Crippen LogP contribution is -2.51. The number of aliphatic hydroxyl groups is 1. The monoisotopic (exact) mass is 700 g/mol. The van der Waals surface area contributed by atoms with E-state index in [1.54, 1.807) is 22.9 Å². The summed E-state index contributed by atoms with van der Waals surface area (Å²) in [5, 5.41) is 18.9. The van der Waals surface area contributed by atoms with E-state index >= 15 is 0 Å². The number of carbonyl (C=O) groups is 1. The molecule has 5 atom stereocenters. The van der Waals surface area contributed by atoms with E-state index in [1.807, 2.05) is 45.9 Å². The fraction of sp³-hybridized carbons (Fsp3) is 0.529. The van der Waals surface area contributed by atoms with Crippen LogP contribution in [0.25, 0.3) is 0 Å². The first-order chi connectivity index (χ1) is 23.5. The summed E-state index contributed by atoms with van der Waals surface area (Å²) in [6, 6.07) is 12.8. The molecule has 0 aliphatic carbocycles. The van der Waals surface area contributed by atoms with Crippen LogP contribution in [0.1, 0.15) is 30.8 Å². The van der Waals surface area contributed by atoms with E-state index < -0.39 is 34.4 Å². The quantitative estimate of drug-likeness (QED) is 0.255. The van der Waals surface area contributed by atoms with E-state index in [-0.39, 0.29) is 62.5 Å². The number of rotatable bonds is 14. The highest BCUT2D eigenvalue weighted by atomic mass is 32.2. The second-order valence-electron chi connectivity index (χ2n) is 13.1. The summed E-state index contributed by atoms with van der Waals surface area (Å²) in [5.41, 5.74) is 2.67. The smallest absolute Gasteiger partial charge is 0.407 e. The molecule has 0 radical (unpaired) electrons. The number of nitrogens with one attached hydrogen (secondary N) is 1. The van der Waals surface area contributed by atoms with Crippen molar-refractivity contribution in [1.29, 1.82) is 0 Å². The zero-order chi connectivity index (χ0) is 34.7. The van der Waals surface area contributed by atoms with E-state index in [1.165, 1.54) is 16.4 Å². The van der Waals surface area contributed by atoms with Gasteiger partial charge in [-0.05, 0) is 62.1 Å². The van der Waals surface area contributed by atoms with E-state index in [0.717, 1.165) is 17.0 Å². The summed E-state index contributed by atoms with van der Waals surface area (Å²) in [4.78, 5) is 13.3. The zero-order valence-corrected chi connectivity index (χ0v) is 28.9. The van der Waals surface area contributed by atoms with Crippen LogP contribution in [0.5, 0.6) is 17.2 Å². The van der Waals surface area contributed by atoms with Crippen LogP contribution in [0.2, 0.25) is 0 Å². The molecule has 49 heavy (non-hydrogen) atoms. The number of benzene rings is 2. The van der Waals surface area contributed by atoms with Gasteiger partial charge >= 0.3 is 6.09 Å². The maximum absolute atomic E-state index is 13.9. The number of aryl methyl sites for hydroxylation is 2. The third kappa shape index (κ3) is 8.29. The average Bonchev–Trinajstić information content (AvgIpc) is 3.86. The summed E-state index contributed by atoms with van der Waals surface area (Å²) >= 11 is 0. The van der Waals surface area contributed by atoms with E-state index in [4.69, 9.17) is 28.4 Å².